The number of ether oxygens (including phenoxy) is 1. The van der Waals surface area contributed by atoms with Crippen molar-refractivity contribution in [3.05, 3.63) is 97.3 Å². The molecule has 0 bridgehead atoms. The van der Waals surface area contributed by atoms with Gasteiger partial charge in [0.05, 0.1) is 16.8 Å². The minimum absolute atomic E-state index is 0.183. The maximum atomic E-state index is 13.0. The fourth-order valence-corrected chi connectivity index (χ4v) is 4.57. The lowest BCUT2D eigenvalue weighted by molar-refractivity contribution is 0.289. The van der Waals surface area contributed by atoms with E-state index in [4.69, 9.17) is 9.84 Å². The van der Waals surface area contributed by atoms with Crippen molar-refractivity contribution in [2.45, 2.75) is 27.2 Å². The lowest BCUT2D eigenvalue weighted by Gasteiger charge is -2.08. The predicted molar refractivity (Wildman–Crippen MR) is 141 cm³/mol. The zero-order chi connectivity index (χ0) is 25.2. The van der Waals surface area contributed by atoms with Gasteiger partial charge < -0.3 is 4.74 Å². The molecule has 0 atom stereocenters. The summed E-state index contributed by atoms with van der Waals surface area (Å²) >= 11 is 1.13. The highest BCUT2D eigenvalue weighted by atomic mass is 32.1. The summed E-state index contributed by atoms with van der Waals surface area (Å²) in [6.07, 6.45) is 4.65. The molecule has 8 nitrogen and oxygen atoms in total. The zero-order valence-electron chi connectivity index (χ0n) is 20.2. The van der Waals surface area contributed by atoms with Crippen molar-refractivity contribution in [2.75, 3.05) is 6.61 Å². The van der Waals surface area contributed by atoms with Crippen molar-refractivity contribution in [2.24, 2.45) is 5.92 Å². The number of hydrogen-bond acceptors (Lipinski definition) is 7. The lowest BCUT2D eigenvalue weighted by Crippen LogP contribution is -2.27. The van der Waals surface area contributed by atoms with Crippen LogP contribution in [0, 0.1) is 12.8 Å². The first-order valence-electron chi connectivity index (χ1n) is 11.7. The highest BCUT2D eigenvalue weighted by Gasteiger charge is 2.14. The van der Waals surface area contributed by atoms with E-state index in [0.717, 1.165) is 46.0 Å². The van der Waals surface area contributed by atoms with Gasteiger partial charge in [0, 0.05) is 17.3 Å². The molecule has 0 radical (unpaired) electrons. The maximum absolute atomic E-state index is 13.0. The number of hydrogen-bond donors (Lipinski definition) is 0. The Hall–Kier alpha value is -4.11. The number of nitrogens with zero attached hydrogens (tertiary/aromatic N) is 5. The molecule has 0 fully saturated rings. The SMILES string of the molecule is Cc1nn2c(=O)/c(=C/c3cn(-c4ccccc4)nc3-c3ccc(OCCC(C)C)cc3)sc2nc1=O. The van der Waals surface area contributed by atoms with Crippen LogP contribution >= 0.6 is 11.3 Å². The van der Waals surface area contributed by atoms with E-state index in [1.54, 1.807) is 17.7 Å². The minimum atomic E-state index is -0.434. The van der Waals surface area contributed by atoms with Gasteiger partial charge in [0.1, 0.15) is 17.1 Å². The molecule has 0 saturated carbocycles. The molecule has 2 aromatic carbocycles. The summed E-state index contributed by atoms with van der Waals surface area (Å²) in [7, 11) is 0. The van der Waals surface area contributed by atoms with Crippen LogP contribution < -0.4 is 20.4 Å². The molecular weight excluding hydrogens is 474 g/mol. The first-order valence-corrected chi connectivity index (χ1v) is 12.5. The summed E-state index contributed by atoms with van der Waals surface area (Å²) in [6.45, 7) is 6.55. The average molecular weight is 500 g/mol. The number of rotatable bonds is 7. The third-order valence-electron chi connectivity index (χ3n) is 5.68. The standard InChI is InChI=1S/C27H25N5O3S/c1-17(2)13-14-35-22-11-9-19(10-12-22)24-20(16-31(30-24)21-7-5-4-6-8-21)15-23-26(34)32-27(36-23)28-25(33)18(3)29-32/h4-12,15-17H,13-14H2,1-3H3/b23-15-. The Labute approximate surface area is 211 Å². The maximum Gasteiger partial charge on any atom is 0.295 e. The van der Waals surface area contributed by atoms with Gasteiger partial charge in [0.25, 0.3) is 11.1 Å². The third kappa shape index (κ3) is 4.83. The Morgan fingerprint density at radius 2 is 1.78 bits per heavy atom. The topological polar surface area (TPSA) is 91.4 Å². The van der Waals surface area contributed by atoms with Crippen LogP contribution in [0.4, 0.5) is 0 Å². The van der Waals surface area contributed by atoms with E-state index in [1.807, 2.05) is 60.8 Å². The molecule has 5 aromatic rings. The second-order valence-electron chi connectivity index (χ2n) is 8.88. The summed E-state index contributed by atoms with van der Waals surface area (Å²) in [6, 6.07) is 17.6. The number of thiazole rings is 1. The van der Waals surface area contributed by atoms with Crippen LogP contribution in [0.15, 0.2) is 70.4 Å². The molecule has 0 N–H and O–H groups in total. The fraction of sp³-hybridized carbons (Fsp3) is 0.222. The van der Waals surface area contributed by atoms with E-state index in [2.05, 4.69) is 23.9 Å². The van der Waals surface area contributed by atoms with Gasteiger partial charge in [-0.25, -0.2) is 4.68 Å². The lowest BCUT2D eigenvalue weighted by atomic mass is 10.1. The van der Waals surface area contributed by atoms with E-state index < -0.39 is 5.56 Å². The second-order valence-corrected chi connectivity index (χ2v) is 9.89. The molecule has 3 heterocycles. The largest absolute Gasteiger partial charge is 0.494 e. The quantitative estimate of drug-likeness (QED) is 0.340. The summed E-state index contributed by atoms with van der Waals surface area (Å²) in [5.74, 6) is 1.38. The smallest absolute Gasteiger partial charge is 0.295 e. The molecule has 0 aliphatic heterocycles. The van der Waals surface area contributed by atoms with Gasteiger partial charge in [-0.15, -0.1) is 0 Å². The van der Waals surface area contributed by atoms with E-state index >= 15 is 0 Å². The molecule has 0 aliphatic carbocycles. The van der Waals surface area contributed by atoms with Gasteiger partial charge in [0.15, 0.2) is 0 Å². The highest BCUT2D eigenvalue weighted by molar-refractivity contribution is 7.15. The fourth-order valence-electron chi connectivity index (χ4n) is 3.68. The molecular formula is C27H25N5O3S. The van der Waals surface area contributed by atoms with E-state index in [-0.39, 0.29) is 16.2 Å². The van der Waals surface area contributed by atoms with Crippen LogP contribution in [0.5, 0.6) is 5.75 Å². The van der Waals surface area contributed by atoms with Gasteiger partial charge in [0.2, 0.25) is 4.96 Å². The normalized spacial score (nSPS) is 12.1. The molecule has 0 aliphatic rings. The van der Waals surface area contributed by atoms with Crippen LogP contribution in [0.2, 0.25) is 0 Å². The summed E-state index contributed by atoms with van der Waals surface area (Å²) in [4.78, 5) is 29.2. The first-order chi connectivity index (χ1) is 17.4. The minimum Gasteiger partial charge on any atom is -0.494 e. The average Bonchev–Trinajstić information content (AvgIpc) is 3.42. The van der Waals surface area contributed by atoms with Crippen LogP contribution in [-0.4, -0.2) is 31.0 Å². The Balaban J connectivity index is 1.59. The molecule has 5 rings (SSSR count). The van der Waals surface area contributed by atoms with Crippen LogP contribution in [-0.2, 0) is 0 Å². The zero-order valence-corrected chi connectivity index (χ0v) is 21.0. The summed E-state index contributed by atoms with van der Waals surface area (Å²) < 4.78 is 9.25. The Bertz CT molecular complexity index is 1690. The molecule has 0 spiro atoms. The number of aryl methyl sites for hydroxylation is 1. The number of fused-ring (bicyclic) bond motifs is 1. The third-order valence-corrected chi connectivity index (χ3v) is 6.64. The van der Waals surface area contributed by atoms with Gasteiger partial charge >= 0.3 is 0 Å². The van der Waals surface area contributed by atoms with Crippen LogP contribution in [0.3, 0.4) is 0 Å². The second kappa shape index (κ2) is 9.87. The van der Waals surface area contributed by atoms with Gasteiger partial charge in [-0.05, 0) is 61.7 Å². The van der Waals surface area contributed by atoms with Gasteiger partial charge in [-0.3, -0.25) is 9.59 Å². The van der Waals surface area contributed by atoms with Crippen molar-refractivity contribution in [1.29, 1.82) is 0 Å². The molecule has 0 unspecified atom stereocenters. The number of para-hydroxylation sites is 1. The van der Waals surface area contributed by atoms with Gasteiger partial charge in [-0.1, -0.05) is 43.4 Å². The Morgan fingerprint density at radius 1 is 1.03 bits per heavy atom. The summed E-state index contributed by atoms with van der Waals surface area (Å²) in [5, 5.41) is 8.93. The van der Waals surface area contributed by atoms with Crippen LogP contribution in [0.25, 0.3) is 28.0 Å². The van der Waals surface area contributed by atoms with Crippen molar-refractivity contribution in [3.63, 3.8) is 0 Å². The van der Waals surface area contributed by atoms with E-state index in [1.165, 1.54) is 4.52 Å². The van der Waals surface area contributed by atoms with E-state index in [0.29, 0.717) is 17.1 Å². The van der Waals surface area contributed by atoms with Gasteiger partial charge in [-0.2, -0.15) is 19.7 Å². The molecule has 9 heteroatoms. The van der Waals surface area contributed by atoms with Crippen molar-refractivity contribution < 1.29 is 4.74 Å². The highest BCUT2D eigenvalue weighted by Crippen LogP contribution is 2.26. The molecule has 3 aromatic heterocycles. The van der Waals surface area contributed by atoms with Crippen molar-refractivity contribution in [3.8, 4) is 22.7 Å². The number of aromatic nitrogens is 5. The van der Waals surface area contributed by atoms with E-state index in [9.17, 15) is 9.59 Å². The molecule has 36 heavy (non-hydrogen) atoms. The molecule has 0 saturated heterocycles. The first kappa shape index (κ1) is 23.6. The van der Waals surface area contributed by atoms with Crippen molar-refractivity contribution >= 4 is 22.4 Å². The Kier molecular flexibility index (Phi) is 6.47. The van der Waals surface area contributed by atoms with Crippen LogP contribution in [0.1, 0.15) is 31.5 Å². The monoisotopic (exact) mass is 499 g/mol. The Morgan fingerprint density at radius 3 is 2.50 bits per heavy atom. The number of benzene rings is 2. The van der Waals surface area contributed by atoms with Crippen molar-refractivity contribution in [1.82, 2.24) is 24.4 Å². The molecule has 182 valence electrons. The summed E-state index contributed by atoms with van der Waals surface area (Å²) in [5.41, 5.74) is 2.69. The predicted octanol–water partition coefficient (Wildman–Crippen LogP) is 3.64. The molecule has 0 amide bonds.